The number of para-hydroxylation sites is 1. The van der Waals surface area contributed by atoms with Crippen molar-refractivity contribution >= 4 is 28.5 Å². The highest BCUT2D eigenvalue weighted by molar-refractivity contribution is 6.01. The fraction of sp³-hybridized carbons (Fsp3) is 0.286. The number of fused-ring (bicyclic) bond motifs is 1. The lowest BCUT2D eigenvalue weighted by atomic mass is 10.00. The number of anilines is 1. The van der Waals surface area contributed by atoms with Crippen molar-refractivity contribution < 1.29 is 18.7 Å². The second kappa shape index (κ2) is 10.4. The molecular formula is C28H30FN5O3. The van der Waals surface area contributed by atoms with Crippen LogP contribution >= 0.6 is 0 Å². The van der Waals surface area contributed by atoms with E-state index in [4.69, 9.17) is 4.74 Å². The van der Waals surface area contributed by atoms with Gasteiger partial charge in [-0.2, -0.15) is 0 Å². The summed E-state index contributed by atoms with van der Waals surface area (Å²) in [6.07, 6.45) is 0. The van der Waals surface area contributed by atoms with Crippen molar-refractivity contribution in [2.45, 2.75) is 45.8 Å². The van der Waals surface area contributed by atoms with Crippen LogP contribution in [0, 0.1) is 12.7 Å². The van der Waals surface area contributed by atoms with Gasteiger partial charge >= 0.3 is 0 Å². The summed E-state index contributed by atoms with van der Waals surface area (Å²) in [6, 6.07) is 17.6. The Kier molecular flexibility index (Phi) is 7.24. The maximum absolute atomic E-state index is 14.8. The van der Waals surface area contributed by atoms with Gasteiger partial charge in [0.05, 0.1) is 12.6 Å². The van der Waals surface area contributed by atoms with Crippen LogP contribution in [0.4, 0.5) is 10.1 Å². The molecule has 0 spiro atoms. The van der Waals surface area contributed by atoms with E-state index in [1.165, 1.54) is 22.8 Å². The summed E-state index contributed by atoms with van der Waals surface area (Å²) in [7, 11) is 1.53. The molecule has 4 rings (SSSR count). The standard InChI is InChI=1S/C28H30FN5O3/c1-18-13-14-20(16-22(18)29)34(25(35)17-33-24-12-7-6-11-23(24)31-32-33)26(27(36)30-28(2,3)4)19-9-8-10-21(15-19)37-5/h6-16,26H,17H2,1-5H3,(H,30,36). The molecule has 1 unspecified atom stereocenters. The smallest absolute Gasteiger partial charge is 0.249 e. The number of aryl methyl sites for hydroxylation is 1. The first-order valence-electron chi connectivity index (χ1n) is 11.9. The summed E-state index contributed by atoms with van der Waals surface area (Å²) in [5.41, 5.74) is 1.91. The van der Waals surface area contributed by atoms with E-state index in [1.54, 1.807) is 49.4 Å². The average molecular weight is 504 g/mol. The van der Waals surface area contributed by atoms with Crippen molar-refractivity contribution in [2.24, 2.45) is 0 Å². The molecule has 3 aromatic carbocycles. The number of ether oxygens (including phenoxy) is 1. The zero-order valence-electron chi connectivity index (χ0n) is 21.5. The Morgan fingerprint density at radius 1 is 1.08 bits per heavy atom. The molecule has 1 atom stereocenters. The Labute approximate surface area is 215 Å². The van der Waals surface area contributed by atoms with Gasteiger partial charge in [0, 0.05) is 11.2 Å². The number of halogens is 1. The van der Waals surface area contributed by atoms with Crippen molar-refractivity contribution in [2.75, 3.05) is 12.0 Å². The van der Waals surface area contributed by atoms with E-state index in [-0.39, 0.29) is 12.2 Å². The summed E-state index contributed by atoms with van der Waals surface area (Å²) in [5, 5.41) is 11.2. The lowest BCUT2D eigenvalue weighted by Gasteiger charge is -2.34. The first-order chi connectivity index (χ1) is 17.6. The SMILES string of the molecule is COc1cccc(C(C(=O)NC(C)(C)C)N(C(=O)Cn2nnc3ccccc32)c2ccc(C)c(F)c2)c1. The molecule has 0 aliphatic heterocycles. The van der Waals surface area contributed by atoms with E-state index >= 15 is 0 Å². The highest BCUT2D eigenvalue weighted by Gasteiger charge is 2.35. The second-order valence-corrected chi connectivity index (χ2v) is 9.85. The molecule has 0 aliphatic rings. The summed E-state index contributed by atoms with van der Waals surface area (Å²) in [6.45, 7) is 6.99. The van der Waals surface area contributed by atoms with Gasteiger partial charge < -0.3 is 10.1 Å². The van der Waals surface area contributed by atoms with E-state index in [0.29, 0.717) is 27.9 Å². The van der Waals surface area contributed by atoms with Crippen LogP contribution in [0.5, 0.6) is 5.75 Å². The van der Waals surface area contributed by atoms with Crippen LogP contribution in [-0.4, -0.2) is 39.5 Å². The number of aromatic nitrogens is 3. The molecule has 192 valence electrons. The fourth-order valence-electron chi connectivity index (χ4n) is 4.07. The monoisotopic (exact) mass is 503 g/mol. The second-order valence-electron chi connectivity index (χ2n) is 9.85. The molecule has 1 heterocycles. The van der Waals surface area contributed by atoms with E-state index in [2.05, 4.69) is 15.6 Å². The zero-order valence-corrected chi connectivity index (χ0v) is 21.5. The van der Waals surface area contributed by atoms with E-state index in [9.17, 15) is 14.0 Å². The maximum atomic E-state index is 14.8. The number of amides is 2. The Morgan fingerprint density at radius 3 is 2.54 bits per heavy atom. The Hall–Kier alpha value is -4.27. The third-order valence-electron chi connectivity index (χ3n) is 5.82. The number of hydrogen-bond acceptors (Lipinski definition) is 5. The molecule has 9 heteroatoms. The molecule has 0 bridgehead atoms. The summed E-state index contributed by atoms with van der Waals surface area (Å²) in [5.74, 6) is -0.840. The molecule has 1 aromatic heterocycles. The zero-order chi connectivity index (χ0) is 26.7. The lowest BCUT2D eigenvalue weighted by Crippen LogP contribution is -2.50. The molecule has 0 fully saturated rings. The molecule has 0 aliphatic carbocycles. The van der Waals surface area contributed by atoms with Crippen molar-refractivity contribution in [1.82, 2.24) is 20.3 Å². The topological polar surface area (TPSA) is 89.4 Å². The Morgan fingerprint density at radius 2 is 1.84 bits per heavy atom. The van der Waals surface area contributed by atoms with Crippen LogP contribution in [0.1, 0.15) is 37.9 Å². The molecule has 4 aromatic rings. The Bertz CT molecular complexity index is 1440. The highest BCUT2D eigenvalue weighted by atomic mass is 19.1. The third-order valence-corrected chi connectivity index (χ3v) is 5.82. The van der Waals surface area contributed by atoms with Crippen LogP contribution in [0.3, 0.4) is 0 Å². The Balaban J connectivity index is 1.86. The number of hydrogen-bond donors (Lipinski definition) is 1. The summed E-state index contributed by atoms with van der Waals surface area (Å²) in [4.78, 5) is 29.1. The van der Waals surface area contributed by atoms with Gasteiger partial charge in [-0.15, -0.1) is 5.10 Å². The molecule has 0 saturated carbocycles. The number of methoxy groups -OCH3 is 1. The number of nitrogens with one attached hydrogen (secondary N) is 1. The predicted molar refractivity (Wildman–Crippen MR) is 140 cm³/mol. The first kappa shape index (κ1) is 25.8. The highest BCUT2D eigenvalue weighted by Crippen LogP contribution is 2.32. The van der Waals surface area contributed by atoms with Crippen molar-refractivity contribution in [3.8, 4) is 5.75 Å². The van der Waals surface area contributed by atoms with Gasteiger partial charge in [-0.1, -0.05) is 35.5 Å². The number of carbonyl (C=O) groups excluding carboxylic acids is 2. The predicted octanol–water partition coefficient (Wildman–Crippen LogP) is 4.58. The van der Waals surface area contributed by atoms with Crippen LogP contribution in [0.15, 0.2) is 66.7 Å². The summed E-state index contributed by atoms with van der Waals surface area (Å²) < 4.78 is 21.6. The van der Waals surface area contributed by atoms with E-state index in [0.717, 1.165) is 0 Å². The number of rotatable bonds is 7. The van der Waals surface area contributed by atoms with Crippen molar-refractivity contribution in [3.63, 3.8) is 0 Å². The van der Waals surface area contributed by atoms with E-state index < -0.39 is 29.2 Å². The molecule has 0 saturated heterocycles. The number of carbonyl (C=O) groups is 2. The minimum atomic E-state index is -1.11. The van der Waals surface area contributed by atoms with Crippen LogP contribution in [0.2, 0.25) is 0 Å². The molecule has 0 radical (unpaired) electrons. The number of nitrogens with zero attached hydrogens (tertiary/aromatic N) is 4. The molecule has 8 nitrogen and oxygen atoms in total. The van der Waals surface area contributed by atoms with Gasteiger partial charge in [0.15, 0.2) is 0 Å². The maximum Gasteiger partial charge on any atom is 0.249 e. The van der Waals surface area contributed by atoms with Gasteiger partial charge in [0.1, 0.15) is 29.7 Å². The number of benzene rings is 3. The fourth-order valence-corrected chi connectivity index (χ4v) is 4.07. The van der Waals surface area contributed by atoms with Crippen LogP contribution in [-0.2, 0) is 16.1 Å². The van der Waals surface area contributed by atoms with Crippen LogP contribution < -0.4 is 15.0 Å². The lowest BCUT2D eigenvalue weighted by molar-refractivity contribution is -0.128. The van der Waals surface area contributed by atoms with Gasteiger partial charge in [0.2, 0.25) is 11.8 Å². The van der Waals surface area contributed by atoms with Crippen molar-refractivity contribution in [3.05, 3.63) is 83.7 Å². The largest absolute Gasteiger partial charge is 0.497 e. The van der Waals surface area contributed by atoms with E-state index in [1.807, 2.05) is 39.0 Å². The summed E-state index contributed by atoms with van der Waals surface area (Å²) >= 11 is 0. The first-order valence-corrected chi connectivity index (χ1v) is 11.9. The average Bonchev–Trinajstić information content (AvgIpc) is 3.25. The van der Waals surface area contributed by atoms with Crippen molar-refractivity contribution in [1.29, 1.82) is 0 Å². The van der Waals surface area contributed by atoms with Gasteiger partial charge in [-0.25, -0.2) is 9.07 Å². The molecule has 1 N–H and O–H groups in total. The van der Waals surface area contributed by atoms with Gasteiger partial charge in [-0.05, 0) is 75.2 Å². The minimum Gasteiger partial charge on any atom is -0.497 e. The van der Waals surface area contributed by atoms with Crippen LogP contribution in [0.25, 0.3) is 11.0 Å². The molecule has 37 heavy (non-hydrogen) atoms. The minimum absolute atomic E-state index is 0.209. The van der Waals surface area contributed by atoms with Gasteiger partial charge in [0.25, 0.3) is 0 Å². The third kappa shape index (κ3) is 5.77. The normalized spacial score (nSPS) is 12.3. The molecule has 2 amide bonds. The van der Waals surface area contributed by atoms with Gasteiger partial charge in [-0.3, -0.25) is 14.5 Å². The molecular weight excluding hydrogens is 473 g/mol. The quantitative estimate of drug-likeness (QED) is 0.399.